The molecule has 1 heterocycles. The van der Waals surface area contributed by atoms with E-state index in [0.29, 0.717) is 0 Å². The highest BCUT2D eigenvalue weighted by Gasteiger charge is 2.11. The molecule has 5 heteroatoms. The van der Waals surface area contributed by atoms with Gasteiger partial charge in [-0.2, -0.15) is 0 Å². The molecule has 0 atom stereocenters. The average Bonchev–Trinajstić information content (AvgIpc) is 2.27. The lowest BCUT2D eigenvalue weighted by Gasteiger charge is -2.05. The maximum absolute atomic E-state index is 11.4. The molecule has 0 bridgehead atoms. The first-order valence-corrected chi connectivity index (χ1v) is 5.74. The Morgan fingerprint density at radius 1 is 1.53 bits per heavy atom. The van der Waals surface area contributed by atoms with Gasteiger partial charge in [-0.05, 0) is 23.8 Å². The van der Waals surface area contributed by atoms with E-state index < -0.39 is 10.0 Å². The van der Waals surface area contributed by atoms with Crippen LogP contribution >= 0.6 is 0 Å². The van der Waals surface area contributed by atoms with Crippen LogP contribution in [0.5, 0.6) is 0 Å². The topological polar surface area (TPSA) is 59.1 Å². The van der Waals surface area contributed by atoms with Gasteiger partial charge in [-0.25, -0.2) is 13.1 Å². The van der Waals surface area contributed by atoms with Gasteiger partial charge in [0.25, 0.3) is 0 Å². The third kappa shape index (κ3) is 3.30. The molecule has 0 aromatic carbocycles. The lowest BCUT2D eigenvalue weighted by Crippen LogP contribution is -2.23. The van der Waals surface area contributed by atoms with E-state index in [1.165, 1.54) is 6.08 Å². The van der Waals surface area contributed by atoms with Crippen molar-refractivity contribution in [2.75, 3.05) is 0 Å². The fourth-order valence-corrected chi connectivity index (χ4v) is 1.64. The van der Waals surface area contributed by atoms with Crippen molar-refractivity contribution in [2.24, 2.45) is 0 Å². The molecular formula is C10H14N2O2S. The van der Waals surface area contributed by atoms with Crippen molar-refractivity contribution >= 4 is 10.0 Å². The zero-order valence-electron chi connectivity index (χ0n) is 8.18. The molecule has 0 amide bonds. The quantitative estimate of drug-likeness (QED) is 0.773. The first-order chi connectivity index (χ1) is 7.06. The molecule has 15 heavy (non-hydrogen) atoms. The molecule has 1 aromatic heterocycles. The van der Waals surface area contributed by atoms with Crippen LogP contribution in [-0.4, -0.2) is 13.4 Å². The summed E-state index contributed by atoms with van der Waals surface area (Å²) in [6.07, 6.45) is 4.41. The number of rotatable bonds is 5. The van der Waals surface area contributed by atoms with E-state index >= 15 is 0 Å². The lowest BCUT2D eigenvalue weighted by molar-refractivity contribution is 0.589. The Morgan fingerprint density at radius 3 is 2.67 bits per heavy atom. The van der Waals surface area contributed by atoms with Crippen molar-refractivity contribution in [3.63, 3.8) is 0 Å². The number of nitrogens with zero attached hydrogens (tertiary/aromatic N) is 1. The SMILES string of the molecule is C=CC(=C)S(=O)(=O)NCc1ccncc1.[HH]. The summed E-state index contributed by atoms with van der Waals surface area (Å²) in [4.78, 5) is 3.80. The Labute approximate surface area is 90.9 Å². The predicted molar refractivity (Wildman–Crippen MR) is 61.4 cm³/mol. The molecule has 0 saturated carbocycles. The summed E-state index contributed by atoms with van der Waals surface area (Å²) in [6.45, 7) is 6.95. The second-order valence-corrected chi connectivity index (χ2v) is 4.67. The third-order valence-electron chi connectivity index (χ3n) is 1.79. The minimum absolute atomic E-state index is 0. The van der Waals surface area contributed by atoms with Gasteiger partial charge in [-0.15, -0.1) is 0 Å². The number of allylic oxidation sites excluding steroid dienone is 1. The zero-order chi connectivity index (χ0) is 11.3. The van der Waals surface area contributed by atoms with Crippen LogP contribution in [0.1, 0.15) is 6.99 Å². The van der Waals surface area contributed by atoms with Crippen LogP contribution in [0.2, 0.25) is 0 Å². The minimum Gasteiger partial charge on any atom is -0.265 e. The molecule has 0 aliphatic rings. The molecule has 0 spiro atoms. The summed E-state index contributed by atoms with van der Waals surface area (Å²) >= 11 is 0. The molecule has 1 rings (SSSR count). The monoisotopic (exact) mass is 226 g/mol. The first-order valence-electron chi connectivity index (χ1n) is 4.26. The number of pyridine rings is 1. The molecule has 0 aliphatic carbocycles. The second-order valence-electron chi connectivity index (χ2n) is 2.85. The highest BCUT2D eigenvalue weighted by Crippen LogP contribution is 2.03. The molecular weight excluding hydrogens is 212 g/mol. The van der Waals surface area contributed by atoms with Gasteiger partial charge in [0, 0.05) is 20.4 Å². The van der Waals surface area contributed by atoms with Gasteiger partial charge < -0.3 is 0 Å². The number of aromatic nitrogens is 1. The first kappa shape index (κ1) is 11.6. The molecule has 1 N–H and O–H groups in total. The highest BCUT2D eigenvalue weighted by molar-refractivity contribution is 7.93. The summed E-state index contributed by atoms with van der Waals surface area (Å²) in [5, 5.41) is 0. The van der Waals surface area contributed by atoms with E-state index in [1.807, 2.05) is 0 Å². The van der Waals surface area contributed by atoms with E-state index in [2.05, 4.69) is 22.9 Å². The van der Waals surface area contributed by atoms with Crippen LogP contribution in [0.15, 0.2) is 48.7 Å². The van der Waals surface area contributed by atoms with Crippen molar-refractivity contribution in [3.05, 3.63) is 54.2 Å². The molecule has 82 valence electrons. The Kier molecular flexibility index (Phi) is 3.76. The summed E-state index contributed by atoms with van der Waals surface area (Å²) in [5.74, 6) is 0. The van der Waals surface area contributed by atoms with Crippen LogP contribution in [0.3, 0.4) is 0 Å². The smallest absolute Gasteiger partial charge is 0.240 e. The van der Waals surface area contributed by atoms with Gasteiger partial charge >= 0.3 is 0 Å². The lowest BCUT2D eigenvalue weighted by atomic mass is 10.3. The fraction of sp³-hybridized carbons (Fsp3) is 0.100. The van der Waals surface area contributed by atoms with Crippen LogP contribution in [0.25, 0.3) is 0 Å². The fourth-order valence-electron chi connectivity index (χ4n) is 0.881. The Balaban J connectivity index is 0.00000225. The van der Waals surface area contributed by atoms with Gasteiger partial charge in [0.1, 0.15) is 0 Å². The van der Waals surface area contributed by atoms with Gasteiger partial charge in [0.15, 0.2) is 0 Å². The van der Waals surface area contributed by atoms with Crippen LogP contribution < -0.4 is 4.72 Å². The third-order valence-corrected chi connectivity index (χ3v) is 3.17. The van der Waals surface area contributed by atoms with Crippen molar-refractivity contribution in [2.45, 2.75) is 6.54 Å². The largest absolute Gasteiger partial charge is 0.265 e. The summed E-state index contributed by atoms with van der Waals surface area (Å²) in [6, 6.07) is 3.47. The van der Waals surface area contributed by atoms with Crippen molar-refractivity contribution < 1.29 is 9.84 Å². The van der Waals surface area contributed by atoms with E-state index in [9.17, 15) is 8.42 Å². The van der Waals surface area contributed by atoms with E-state index in [0.717, 1.165) is 5.56 Å². The van der Waals surface area contributed by atoms with Crippen LogP contribution in [0.4, 0.5) is 0 Å². The molecule has 0 aliphatic heterocycles. The van der Waals surface area contributed by atoms with E-state index in [4.69, 9.17) is 0 Å². The molecule has 0 radical (unpaired) electrons. The van der Waals surface area contributed by atoms with Crippen molar-refractivity contribution in [1.29, 1.82) is 0 Å². The standard InChI is InChI=1S/C10H12N2O2S.H2/c1-3-9(2)15(13,14)12-8-10-4-6-11-7-5-10;/h3-7,12H,1-2,8H2;1H. The second kappa shape index (κ2) is 4.86. The number of nitrogens with one attached hydrogen (secondary N) is 1. The van der Waals surface area contributed by atoms with Crippen LogP contribution in [-0.2, 0) is 16.6 Å². The highest BCUT2D eigenvalue weighted by atomic mass is 32.2. The maximum Gasteiger partial charge on any atom is 0.240 e. The Hall–Kier alpha value is -1.46. The van der Waals surface area contributed by atoms with Gasteiger partial charge in [-0.3, -0.25) is 4.98 Å². The Bertz CT molecular complexity index is 457. The molecule has 0 saturated heterocycles. The number of hydrogen-bond acceptors (Lipinski definition) is 3. The number of hydrogen-bond donors (Lipinski definition) is 1. The van der Waals surface area contributed by atoms with Crippen molar-refractivity contribution in [1.82, 2.24) is 9.71 Å². The molecule has 1 aromatic rings. The van der Waals surface area contributed by atoms with E-state index in [1.54, 1.807) is 24.5 Å². The molecule has 0 fully saturated rings. The summed E-state index contributed by atoms with van der Waals surface area (Å²) < 4.78 is 25.3. The zero-order valence-corrected chi connectivity index (χ0v) is 9.00. The van der Waals surface area contributed by atoms with Gasteiger partial charge in [0.05, 0.1) is 4.91 Å². The van der Waals surface area contributed by atoms with Crippen LogP contribution in [0, 0.1) is 0 Å². The number of sulfonamides is 1. The average molecular weight is 226 g/mol. The predicted octanol–water partition coefficient (Wildman–Crippen LogP) is 1.45. The minimum atomic E-state index is -3.49. The molecule has 4 nitrogen and oxygen atoms in total. The summed E-state index contributed by atoms with van der Waals surface area (Å²) in [5.41, 5.74) is 0.838. The van der Waals surface area contributed by atoms with Crippen molar-refractivity contribution in [3.8, 4) is 0 Å². The van der Waals surface area contributed by atoms with Gasteiger partial charge in [-0.1, -0.05) is 13.2 Å². The normalized spacial score (nSPS) is 10.9. The Morgan fingerprint density at radius 2 is 2.13 bits per heavy atom. The summed E-state index contributed by atoms with van der Waals surface area (Å²) in [7, 11) is -3.49. The molecule has 0 unspecified atom stereocenters. The van der Waals surface area contributed by atoms with Gasteiger partial charge in [0.2, 0.25) is 10.0 Å². The van der Waals surface area contributed by atoms with E-state index in [-0.39, 0.29) is 12.9 Å². The maximum atomic E-state index is 11.4.